The molecule has 0 bridgehead atoms. The molecule has 2 unspecified atom stereocenters. The molecule has 2 rings (SSSR count). The van der Waals surface area contributed by atoms with Crippen molar-refractivity contribution in [1.29, 1.82) is 0 Å². The van der Waals surface area contributed by atoms with Gasteiger partial charge in [-0.1, -0.05) is 0 Å². The van der Waals surface area contributed by atoms with Gasteiger partial charge in [0.2, 0.25) is 5.91 Å². The van der Waals surface area contributed by atoms with Crippen molar-refractivity contribution in [3.63, 3.8) is 0 Å². The predicted octanol–water partition coefficient (Wildman–Crippen LogP) is 1.32. The first-order valence-corrected chi connectivity index (χ1v) is 7.60. The van der Waals surface area contributed by atoms with Crippen LogP contribution in [0.2, 0.25) is 0 Å². The number of piperidine rings is 1. The molecule has 0 spiro atoms. The Morgan fingerprint density at radius 2 is 2.17 bits per heavy atom. The van der Waals surface area contributed by atoms with Gasteiger partial charge in [0.05, 0.1) is 6.20 Å². The molecule has 8 heteroatoms. The van der Waals surface area contributed by atoms with E-state index in [0.29, 0.717) is 5.92 Å². The zero-order valence-electron chi connectivity index (χ0n) is 14.4. The molecule has 0 aromatic carbocycles. The maximum atomic E-state index is 12.7. The molecule has 0 aliphatic carbocycles. The van der Waals surface area contributed by atoms with Crippen LogP contribution in [0.15, 0.2) is 12.4 Å². The number of hydrogen-bond donors (Lipinski definition) is 1. The van der Waals surface area contributed by atoms with Gasteiger partial charge >= 0.3 is 0 Å². The first kappa shape index (κ1) is 22.2. The lowest BCUT2D eigenvalue weighted by atomic mass is 9.97. The highest BCUT2D eigenvalue weighted by atomic mass is 35.5. The second-order valence-electron chi connectivity index (χ2n) is 6.16. The van der Waals surface area contributed by atoms with E-state index in [0.717, 1.165) is 18.7 Å². The van der Waals surface area contributed by atoms with Crippen LogP contribution < -0.4 is 5.32 Å². The molecule has 0 radical (unpaired) electrons. The molecule has 1 N–H and O–H groups in total. The minimum Gasteiger partial charge on any atom is -0.344 e. The van der Waals surface area contributed by atoms with E-state index in [1.165, 1.54) is 19.4 Å². The zero-order valence-corrected chi connectivity index (χ0v) is 16.0. The summed E-state index contributed by atoms with van der Waals surface area (Å²) in [5, 5.41) is 7.26. The number of likely N-dealkylation sites (N-methyl/N-ethyl adjacent to an activating group) is 2. The van der Waals surface area contributed by atoms with Gasteiger partial charge in [-0.2, -0.15) is 5.10 Å². The lowest BCUT2D eigenvalue weighted by Gasteiger charge is -2.33. The summed E-state index contributed by atoms with van der Waals surface area (Å²) in [6.07, 6.45) is 6.07. The van der Waals surface area contributed by atoms with E-state index in [9.17, 15) is 4.79 Å². The molecule has 1 aromatic rings. The van der Waals surface area contributed by atoms with E-state index in [2.05, 4.69) is 22.4 Å². The van der Waals surface area contributed by atoms with Crippen LogP contribution in [0.25, 0.3) is 0 Å². The van der Waals surface area contributed by atoms with E-state index in [4.69, 9.17) is 0 Å². The lowest BCUT2D eigenvalue weighted by Crippen LogP contribution is -2.43. The van der Waals surface area contributed by atoms with Crippen LogP contribution in [0.1, 0.15) is 24.4 Å². The van der Waals surface area contributed by atoms with Crippen molar-refractivity contribution in [3.8, 4) is 0 Å². The fourth-order valence-corrected chi connectivity index (χ4v) is 3.14. The summed E-state index contributed by atoms with van der Waals surface area (Å²) >= 11 is 0. The average molecular weight is 366 g/mol. The van der Waals surface area contributed by atoms with E-state index < -0.39 is 0 Å². The highest BCUT2D eigenvalue weighted by molar-refractivity contribution is 5.85. The number of likely N-dealkylation sites (tertiary alicyclic amines) is 1. The fraction of sp³-hybridized carbons (Fsp3) is 0.733. The Morgan fingerprint density at radius 1 is 1.48 bits per heavy atom. The van der Waals surface area contributed by atoms with Crippen molar-refractivity contribution in [3.05, 3.63) is 18.0 Å². The maximum absolute atomic E-state index is 12.7. The molecule has 6 nitrogen and oxygen atoms in total. The van der Waals surface area contributed by atoms with Gasteiger partial charge in [0, 0.05) is 38.9 Å². The van der Waals surface area contributed by atoms with Crippen molar-refractivity contribution in [2.24, 2.45) is 13.0 Å². The van der Waals surface area contributed by atoms with Gasteiger partial charge in [-0.3, -0.25) is 9.48 Å². The Kier molecular flexibility index (Phi) is 9.77. The third-order valence-corrected chi connectivity index (χ3v) is 4.22. The molecule has 23 heavy (non-hydrogen) atoms. The third-order valence-electron chi connectivity index (χ3n) is 4.22. The SMILES string of the molecule is CNC(C(=O)N(C)CC1CCCN(C)C1)c1cnn(C)c1.Cl.Cl. The van der Waals surface area contributed by atoms with E-state index in [1.54, 1.807) is 10.9 Å². The number of carbonyl (C=O) groups excluding carboxylic acids is 1. The van der Waals surface area contributed by atoms with Crippen LogP contribution in [0, 0.1) is 5.92 Å². The summed E-state index contributed by atoms with van der Waals surface area (Å²) in [6.45, 7) is 3.07. The van der Waals surface area contributed by atoms with Crippen LogP contribution in [-0.4, -0.2) is 66.3 Å². The second kappa shape index (κ2) is 10.1. The molecule has 2 atom stereocenters. The minimum absolute atomic E-state index is 0. The normalized spacial score (nSPS) is 19.4. The van der Waals surface area contributed by atoms with E-state index in [1.807, 2.05) is 32.2 Å². The highest BCUT2D eigenvalue weighted by Crippen LogP contribution is 2.19. The summed E-state index contributed by atoms with van der Waals surface area (Å²) in [5.74, 6) is 0.683. The molecule has 2 heterocycles. The molecule has 1 amide bonds. The standard InChI is InChI=1S/C15H27N5O.2ClH/c1-16-14(13-8-17-20(4)11-13)15(21)19(3)10-12-6-5-7-18(2)9-12;;/h8,11-12,14,16H,5-7,9-10H2,1-4H3;2*1H. The molecule has 1 aliphatic heterocycles. The number of aromatic nitrogens is 2. The molecule has 1 fully saturated rings. The third kappa shape index (κ3) is 5.95. The number of carbonyl (C=O) groups is 1. The minimum atomic E-state index is -0.315. The van der Waals surface area contributed by atoms with E-state index >= 15 is 0 Å². The molecule has 1 aliphatic rings. The summed E-state index contributed by atoms with van der Waals surface area (Å²) in [7, 11) is 7.73. The monoisotopic (exact) mass is 365 g/mol. The maximum Gasteiger partial charge on any atom is 0.244 e. The highest BCUT2D eigenvalue weighted by Gasteiger charge is 2.26. The topological polar surface area (TPSA) is 53.4 Å². The first-order chi connectivity index (χ1) is 10.0. The predicted molar refractivity (Wildman–Crippen MR) is 97.4 cm³/mol. The number of halogens is 2. The van der Waals surface area contributed by atoms with Crippen LogP contribution in [-0.2, 0) is 11.8 Å². The molecule has 1 aromatic heterocycles. The van der Waals surface area contributed by atoms with Gasteiger partial charge < -0.3 is 15.1 Å². The van der Waals surface area contributed by atoms with Gasteiger partial charge in [-0.25, -0.2) is 0 Å². The number of aryl methyl sites for hydroxylation is 1. The average Bonchev–Trinajstić information content (AvgIpc) is 2.86. The Bertz CT molecular complexity index is 482. The van der Waals surface area contributed by atoms with Crippen molar-refractivity contribution < 1.29 is 4.79 Å². The Hall–Kier alpha value is -0.820. The molecule has 134 valence electrons. The van der Waals surface area contributed by atoms with Crippen LogP contribution in [0.5, 0.6) is 0 Å². The quantitative estimate of drug-likeness (QED) is 0.854. The van der Waals surface area contributed by atoms with Crippen LogP contribution >= 0.6 is 24.8 Å². The molecule has 1 saturated heterocycles. The molecular formula is C15H29Cl2N5O. The van der Waals surface area contributed by atoms with Gasteiger partial charge in [-0.15, -0.1) is 24.8 Å². The van der Waals surface area contributed by atoms with Crippen molar-refractivity contribution in [2.45, 2.75) is 18.9 Å². The van der Waals surface area contributed by atoms with Gasteiger partial charge in [-0.05, 0) is 39.4 Å². The largest absolute Gasteiger partial charge is 0.344 e. The zero-order chi connectivity index (χ0) is 15.4. The Morgan fingerprint density at radius 3 is 2.70 bits per heavy atom. The lowest BCUT2D eigenvalue weighted by molar-refractivity contribution is -0.133. The summed E-state index contributed by atoms with van der Waals surface area (Å²) in [4.78, 5) is 16.9. The first-order valence-electron chi connectivity index (χ1n) is 7.60. The van der Waals surface area contributed by atoms with Crippen molar-refractivity contribution >= 4 is 30.7 Å². The Labute approximate surface area is 151 Å². The van der Waals surface area contributed by atoms with E-state index in [-0.39, 0.29) is 36.8 Å². The van der Waals surface area contributed by atoms with Crippen molar-refractivity contribution in [1.82, 2.24) is 24.9 Å². The van der Waals surface area contributed by atoms with Crippen molar-refractivity contribution in [2.75, 3.05) is 40.8 Å². The fourth-order valence-electron chi connectivity index (χ4n) is 3.14. The number of nitrogens with one attached hydrogen (secondary N) is 1. The number of nitrogens with zero attached hydrogens (tertiary/aromatic N) is 4. The number of amides is 1. The van der Waals surface area contributed by atoms with Gasteiger partial charge in [0.15, 0.2) is 0 Å². The second-order valence-corrected chi connectivity index (χ2v) is 6.16. The summed E-state index contributed by atoms with van der Waals surface area (Å²) < 4.78 is 1.73. The van der Waals surface area contributed by atoms with Gasteiger partial charge in [0.1, 0.15) is 6.04 Å². The summed E-state index contributed by atoms with van der Waals surface area (Å²) in [5.41, 5.74) is 0.914. The Balaban J connectivity index is 0.00000242. The summed E-state index contributed by atoms with van der Waals surface area (Å²) in [6, 6.07) is -0.315. The number of rotatable bonds is 5. The van der Waals surface area contributed by atoms with Gasteiger partial charge in [0.25, 0.3) is 0 Å². The van der Waals surface area contributed by atoms with Crippen LogP contribution in [0.3, 0.4) is 0 Å². The molecular weight excluding hydrogens is 337 g/mol. The number of hydrogen-bond acceptors (Lipinski definition) is 4. The van der Waals surface area contributed by atoms with Crippen LogP contribution in [0.4, 0.5) is 0 Å². The molecule has 0 saturated carbocycles. The smallest absolute Gasteiger partial charge is 0.244 e.